The number of carbonyl (C=O) groups excluding carboxylic acids is 2. The molecule has 0 bridgehead atoms. The Bertz CT molecular complexity index is 1330. The number of nitrogens with one attached hydrogen (secondary N) is 2. The molecule has 2 aliphatic rings. The number of aromatic nitrogens is 1. The second kappa shape index (κ2) is 9.81. The van der Waals surface area contributed by atoms with Crippen LogP contribution in [0.1, 0.15) is 6.42 Å². The zero-order valence-electron chi connectivity index (χ0n) is 18.3. The van der Waals surface area contributed by atoms with Crippen LogP contribution in [-0.4, -0.2) is 48.1 Å². The highest BCUT2D eigenvalue weighted by Gasteiger charge is 2.32. The van der Waals surface area contributed by atoms with Crippen LogP contribution in [0.3, 0.4) is 0 Å². The highest BCUT2D eigenvalue weighted by Crippen LogP contribution is 2.35. The Morgan fingerprint density at radius 3 is 2.85 bits per heavy atom. The molecule has 2 aliphatic heterocycles. The van der Waals surface area contributed by atoms with Gasteiger partial charge in [-0.15, -0.1) is 11.8 Å². The van der Waals surface area contributed by atoms with Crippen molar-refractivity contribution in [3.63, 3.8) is 0 Å². The van der Waals surface area contributed by atoms with E-state index in [0.717, 1.165) is 32.4 Å². The van der Waals surface area contributed by atoms with Gasteiger partial charge in [-0.2, -0.15) is 0 Å². The first kappa shape index (κ1) is 22.9. The van der Waals surface area contributed by atoms with E-state index in [4.69, 9.17) is 4.74 Å². The third-order valence-electron chi connectivity index (χ3n) is 5.84. The first-order chi connectivity index (χ1) is 16.5. The van der Waals surface area contributed by atoms with Crippen LogP contribution < -0.4 is 21.1 Å². The van der Waals surface area contributed by atoms with Crippen molar-refractivity contribution in [2.24, 2.45) is 0 Å². The molecule has 2 aromatic carbocycles. The standard InChI is InChI=1S/C24H23BrN4O4S/c25-16-4-2-15-3-7-23(31)28(20(15)10-16)9-1-8-26-12-18-13-29(24(32)33-18)17-5-6-21-19(11-17)27-22(30)14-34-21/h2-7,10-11,18,26H,1,8-9,12-14H2,(H,27,30). The number of benzene rings is 2. The summed E-state index contributed by atoms with van der Waals surface area (Å²) in [6, 6.07) is 15.0. The third-order valence-corrected chi connectivity index (χ3v) is 7.41. The Kier molecular flexibility index (Phi) is 6.62. The average molecular weight is 543 g/mol. The van der Waals surface area contributed by atoms with Gasteiger partial charge in [0.1, 0.15) is 6.10 Å². The van der Waals surface area contributed by atoms with Crippen molar-refractivity contribution in [3.05, 3.63) is 63.4 Å². The fourth-order valence-electron chi connectivity index (χ4n) is 4.19. The van der Waals surface area contributed by atoms with Crippen molar-refractivity contribution in [1.82, 2.24) is 9.88 Å². The van der Waals surface area contributed by atoms with Crippen LogP contribution in [0.2, 0.25) is 0 Å². The molecule has 1 unspecified atom stereocenters. The van der Waals surface area contributed by atoms with Crippen molar-refractivity contribution in [2.75, 3.05) is 35.6 Å². The van der Waals surface area contributed by atoms with Gasteiger partial charge in [0.05, 0.1) is 23.5 Å². The van der Waals surface area contributed by atoms with Gasteiger partial charge in [-0.25, -0.2) is 4.79 Å². The van der Waals surface area contributed by atoms with Gasteiger partial charge in [0.2, 0.25) is 5.91 Å². The summed E-state index contributed by atoms with van der Waals surface area (Å²) < 4.78 is 8.24. The fourth-order valence-corrected chi connectivity index (χ4v) is 5.33. The predicted molar refractivity (Wildman–Crippen MR) is 137 cm³/mol. The third kappa shape index (κ3) is 4.84. The number of fused-ring (bicyclic) bond motifs is 2. The molecule has 0 spiro atoms. The number of anilines is 2. The van der Waals surface area contributed by atoms with E-state index in [1.807, 2.05) is 42.5 Å². The van der Waals surface area contributed by atoms with Crippen molar-refractivity contribution in [3.8, 4) is 0 Å². The van der Waals surface area contributed by atoms with E-state index in [1.165, 1.54) is 11.8 Å². The lowest BCUT2D eigenvalue weighted by Crippen LogP contribution is -2.32. The Hall–Kier alpha value is -2.82. The summed E-state index contributed by atoms with van der Waals surface area (Å²) in [6.45, 7) is 2.24. The molecule has 5 rings (SSSR count). The summed E-state index contributed by atoms with van der Waals surface area (Å²) in [7, 11) is 0. The molecule has 3 aromatic rings. The molecule has 2 amide bonds. The first-order valence-electron chi connectivity index (χ1n) is 11.0. The lowest BCUT2D eigenvalue weighted by Gasteiger charge is -2.20. The summed E-state index contributed by atoms with van der Waals surface area (Å²) in [5.74, 6) is 0.359. The van der Waals surface area contributed by atoms with Crippen LogP contribution in [0.5, 0.6) is 0 Å². The van der Waals surface area contributed by atoms with Crippen molar-refractivity contribution >= 4 is 62.0 Å². The largest absolute Gasteiger partial charge is 0.443 e. The van der Waals surface area contributed by atoms with E-state index in [-0.39, 0.29) is 17.6 Å². The van der Waals surface area contributed by atoms with Crippen molar-refractivity contribution < 1.29 is 14.3 Å². The van der Waals surface area contributed by atoms with Crippen molar-refractivity contribution in [1.29, 1.82) is 0 Å². The number of carbonyl (C=O) groups is 2. The smallest absolute Gasteiger partial charge is 0.414 e. The van der Waals surface area contributed by atoms with Gasteiger partial charge in [0.25, 0.3) is 5.56 Å². The zero-order chi connectivity index (χ0) is 23.7. The minimum Gasteiger partial charge on any atom is -0.443 e. The van der Waals surface area contributed by atoms with Crippen molar-refractivity contribution in [2.45, 2.75) is 24.0 Å². The van der Waals surface area contributed by atoms with Crippen LogP contribution in [0.25, 0.3) is 10.9 Å². The van der Waals surface area contributed by atoms with E-state index in [2.05, 4.69) is 26.6 Å². The summed E-state index contributed by atoms with van der Waals surface area (Å²) in [4.78, 5) is 39.0. The number of thioether (sulfide) groups is 1. The molecular formula is C24H23BrN4O4S. The minimum atomic E-state index is -0.394. The lowest BCUT2D eigenvalue weighted by molar-refractivity contribution is -0.113. The number of aryl methyl sites for hydroxylation is 1. The number of halogens is 1. The lowest BCUT2D eigenvalue weighted by atomic mass is 10.2. The number of pyridine rings is 1. The van der Waals surface area contributed by atoms with Gasteiger partial charge in [0.15, 0.2) is 0 Å². The second-order valence-electron chi connectivity index (χ2n) is 8.22. The van der Waals surface area contributed by atoms with Gasteiger partial charge in [0, 0.05) is 34.2 Å². The molecule has 10 heteroatoms. The zero-order valence-corrected chi connectivity index (χ0v) is 20.7. The maximum atomic E-state index is 12.4. The maximum Gasteiger partial charge on any atom is 0.414 e. The fraction of sp³-hybridized carbons (Fsp3) is 0.292. The SMILES string of the molecule is O=C1CSc2ccc(N3CC(CNCCCn4c(=O)ccc5ccc(Br)cc54)OC3=O)cc2N1. The summed E-state index contributed by atoms with van der Waals surface area (Å²) in [6.07, 6.45) is 0.0936. The minimum absolute atomic E-state index is 0.0226. The summed E-state index contributed by atoms with van der Waals surface area (Å²) in [5, 5.41) is 7.21. The highest BCUT2D eigenvalue weighted by atomic mass is 79.9. The molecule has 0 radical (unpaired) electrons. The molecule has 0 aliphatic carbocycles. The Morgan fingerprint density at radius 2 is 1.97 bits per heavy atom. The average Bonchev–Trinajstić information content (AvgIpc) is 3.19. The normalized spacial score (nSPS) is 17.6. The second-order valence-corrected chi connectivity index (χ2v) is 10.2. The van der Waals surface area contributed by atoms with Crippen LogP contribution in [0, 0.1) is 0 Å². The topological polar surface area (TPSA) is 92.7 Å². The van der Waals surface area contributed by atoms with E-state index in [1.54, 1.807) is 15.5 Å². The van der Waals surface area contributed by atoms with E-state index in [0.29, 0.717) is 37.6 Å². The highest BCUT2D eigenvalue weighted by molar-refractivity contribution is 9.10. The van der Waals surface area contributed by atoms with Gasteiger partial charge in [-0.3, -0.25) is 14.5 Å². The number of ether oxygens (including phenoxy) is 1. The molecule has 1 fully saturated rings. The monoisotopic (exact) mass is 542 g/mol. The first-order valence-corrected chi connectivity index (χ1v) is 12.8. The van der Waals surface area contributed by atoms with Crippen LogP contribution >= 0.6 is 27.7 Å². The maximum absolute atomic E-state index is 12.4. The Morgan fingerprint density at radius 1 is 1.12 bits per heavy atom. The number of rotatable bonds is 7. The van der Waals surface area contributed by atoms with Gasteiger partial charge < -0.3 is 19.9 Å². The van der Waals surface area contributed by atoms with Crippen LogP contribution in [-0.2, 0) is 16.1 Å². The molecule has 1 atom stereocenters. The molecule has 1 aromatic heterocycles. The summed E-state index contributed by atoms with van der Waals surface area (Å²) >= 11 is 4.96. The molecule has 8 nitrogen and oxygen atoms in total. The number of hydrogen-bond donors (Lipinski definition) is 2. The molecule has 176 valence electrons. The molecule has 34 heavy (non-hydrogen) atoms. The van der Waals surface area contributed by atoms with Crippen LogP contribution in [0.15, 0.2) is 62.7 Å². The Labute approximate surface area is 208 Å². The van der Waals surface area contributed by atoms with Gasteiger partial charge in [-0.1, -0.05) is 22.0 Å². The molecule has 0 saturated carbocycles. The number of hydrogen-bond acceptors (Lipinski definition) is 6. The van der Waals surface area contributed by atoms with E-state index >= 15 is 0 Å². The van der Waals surface area contributed by atoms with Crippen LogP contribution in [0.4, 0.5) is 16.2 Å². The molecule has 1 saturated heterocycles. The van der Waals surface area contributed by atoms with Gasteiger partial charge >= 0.3 is 6.09 Å². The predicted octanol–water partition coefficient (Wildman–Crippen LogP) is 3.81. The van der Waals surface area contributed by atoms with E-state index in [9.17, 15) is 14.4 Å². The number of nitrogens with zero attached hydrogens (tertiary/aromatic N) is 2. The molecule has 2 N–H and O–H groups in total. The quantitative estimate of drug-likeness (QED) is 0.441. The van der Waals surface area contributed by atoms with E-state index < -0.39 is 6.09 Å². The number of cyclic esters (lactones) is 1. The van der Waals surface area contributed by atoms with Gasteiger partial charge in [-0.05, 0) is 54.8 Å². The summed E-state index contributed by atoms with van der Waals surface area (Å²) in [5.41, 5.74) is 2.31. The molecule has 3 heterocycles. The Balaban J connectivity index is 1.14. The number of amides is 2. The molecular weight excluding hydrogens is 520 g/mol.